The molecule has 1 aromatic rings. The maximum atomic E-state index is 4.41. The molecule has 74 valence electrons. The summed E-state index contributed by atoms with van der Waals surface area (Å²) in [4.78, 5) is 4.41. The van der Waals surface area contributed by atoms with Gasteiger partial charge in [-0.05, 0) is 24.6 Å². The molecule has 0 spiro atoms. The summed E-state index contributed by atoms with van der Waals surface area (Å²) < 4.78 is 1.09. The van der Waals surface area contributed by atoms with Crippen molar-refractivity contribution in [1.29, 1.82) is 0 Å². The number of hydrogen-bond acceptors (Lipinski definition) is 3. The van der Waals surface area contributed by atoms with Crippen LogP contribution in [0.5, 0.6) is 0 Å². The Kier molecular flexibility index (Phi) is 3.48. The van der Waals surface area contributed by atoms with E-state index in [1.54, 1.807) is 11.8 Å². The predicted octanol–water partition coefficient (Wildman–Crippen LogP) is 3.35. The van der Waals surface area contributed by atoms with Crippen LogP contribution in [0.25, 0.3) is 0 Å². The van der Waals surface area contributed by atoms with Gasteiger partial charge in [-0.15, -0.1) is 0 Å². The number of rotatable bonds is 1. The topological polar surface area (TPSA) is 24.4 Å². The fourth-order valence-corrected chi connectivity index (χ4v) is 2.46. The van der Waals surface area contributed by atoms with E-state index >= 15 is 0 Å². The van der Waals surface area contributed by atoms with Crippen LogP contribution < -0.4 is 5.32 Å². The van der Waals surface area contributed by atoms with E-state index in [0.717, 1.165) is 21.9 Å². The highest BCUT2D eigenvalue weighted by Crippen LogP contribution is 2.19. The third kappa shape index (κ3) is 2.75. The van der Waals surface area contributed by atoms with Gasteiger partial charge in [0.05, 0.1) is 0 Å². The highest BCUT2D eigenvalue weighted by Gasteiger charge is 2.05. The van der Waals surface area contributed by atoms with Crippen LogP contribution in [-0.4, -0.2) is 17.5 Å². The third-order valence-corrected chi connectivity index (χ3v) is 3.36. The molecule has 2 rings (SSSR count). The first-order chi connectivity index (χ1) is 6.84. The Bertz CT molecular complexity index is 352. The van der Waals surface area contributed by atoms with E-state index in [1.807, 2.05) is 18.2 Å². The van der Waals surface area contributed by atoms with Gasteiger partial charge < -0.3 is 5.32 Å². The fourth-order valence-electron chi connectivity index (χ4n) is 1.22. The number of aliphatic imine (C=N–C) groups is 1. The van der Waals surface area contributed by atoms with Gasteiger partial charge in [-0.2, -0.15) is 0 Å². The first-order valence-corrected chi connectivity index (χ1v) is 6.32. The van der Waals surface area contributed by atoms with Crippen molar-refractivity contribution in [3.8, 4) is 0 Å². The van der Waals surface area contributed by atoms with Crippen molar-refractivity contribution in [2.75, 3.05) is 17.6 Å². The van der Waals surface area contributed by atoms with Crippen molar-refractivity contribution in [1.82, 2.24) is 0 Å². The van der Waals surface area contributed by atoms with Crippen LogP contribution in [0.2, 0.25) is 0 Å². The van der Waals surface area contributed by atoms with E-state index in [9.17, 15) is 0 Å². The summed E-state index contributed by atoms with van der Waals surface area (Å²) in [6, 6.07) is 8.13. The molecule has 1 aromatic carbocycles. The summed E-state index contributed by atoms with van der Waals surface area (Å²) in [6.07, 6.45) is 1.19. The Balaban J connectivity index is 2.06. The Morgan fingerprint density at radius 3 is 3.07 bits per heavy atom. The van der Waals surface area contributed by atoms with Gasteiger partial charge in [0.2, 0.25) is 0 Å². The van der Waals surface area contributed by atoms with E-state index in [4.69, 9.17) is 0 Å². The highest BCUT2D eigenvalue weighted by atomic mass is 79.9. The average molecular weight is 271 g/mol. The number of anilines is 1. The molecule has 1 heterocycles. The number of nitrogens with zero attached hydrogens (tertiary/aromatic N) is 1. The summed E-state index contributed by atoms with van der Waals surface area (Å²) in [5.41, 5.74) is 1.09. The van der Waals surface area contributed by atoms with Crippen molar-refractivity contribution in [2.45, 2.75) is 6.42 Å². The lowest BCUT2D eigenvalue weighted by atomic mass is 10.3. The maximum absolute atomic E-state index is 4.41. The van der Waals surface area contributed by atoms with Gasteiger partial charge in [-0.3, -0.25) is 4.99 Å². The molecule has 0 atom stereocenters. The van der Waals surface area contributed by atoms with Crippen molar-refractivity contribution >= 4 is 38.5 Å². The molecule has 1 aliphatic rings. The molecule has 0 unspecified atom stereocenters. The molecule has 2 nitrogen and oxygen atoms in total. The van der Waals surface area contributed by atoms with E-state index in [0.29, 0.717) is 0 Å². The molecule has 0 saturated carbocycles. The zero-order valence-electron chi connectivity index (χ0n) is 7.66. The van der Waals surface area contributed by atoms with Gasteiger partial charge in [0.15, 0.2) is 5.17 Å². The molecular weight excluding hydrogens is 260 g/mol. The second kappa shape index (κ2) is 4.84. The van der Waals surface area contributed by atoms with E-state index in [1.165, 1.54) is 12.2 Å². The normalized spacial score (nSPS) is 16.2. The maximum Gasteiger partial charge on any atom is 0.161 e. The van der Waals surface area contributed by atoms with Crippen LogP contribution >= 0.6 is 27.7 Å². The van der Waals surface area contributed by atoms with Crippen LogP contribution in [0.15, 0.2) is 33.7 Å². The minimum atomic E-state index is 0.948. The Hall–Kier alpha value is -0.480. The molecule has 14 heavy (non-hydrogen) atoms. The van der Waals surface area contributed by atoms with E-state index < -0.39 is 0 Å². The molecule has 1 aliphatic heterocycles. The van der Waals surface area contributed by atoms with E-state index in [2.05, 4.69) is 32.3 Å². The van der Waals surface area contributed by atoms with Gasteiger partial charge in [0.25, 0.3) is 0 Å². The first kappa shape index (κ1) is 10.1. The van der Waals surface area contributed by atoms with Crippen LogP contribution in [0.4, 0.5) is 5.69 Å². The largest absolute Gasteiger partial charge is 0.335 e. The predicted molar refractivity (Wildman–Crippen MR) is 67.1 cm³/mol. The lowest BCUT2D eigenvalue weighted by Crippen LogP contribution is -2.13. The molecule has 0 saturated heterocycles. The third-order valence-electron chi connectivity index (χ3n) is 1.87. The lowest BCUT2D eigenvalue weighted by molar-refractivity contribution is 0.938. The monoisotopic (exact) mass is 270 g/mol. The Labute approximate surface area is 96.3 Å². The molecule has 0 bridgehead atoms. The minimum Gasteiger partial charge on any atom is -0.335 e. The highest BCUT2D eigenvalue weighted by molar-refractivity contribution is 9.10. The molecule has 1 N–H and O–H groups in total. The van der Waals surface area contributed by atoms with E-state index in [-0.39, 0.29) is 0 Å². The molecule has 4 heteroatoms. The number of benzene rings is 1. The van der Waals surface area contributed by atoms with Crippen LogP contribution in [-0.2, 0) is 0 Å². The SMILES string of the molecule is Brc1cccc(NC2=NCCCS2)c1. The summed E-state index contributed by atoms with van der Waals surface area (Å²) >= 11 is 5.23. The molecular formula is C10H11BrN2S. The Morgan fingerprint density at radius 2 is 2.36 bits per heavy atom. The number of nitrogens with one attached hydrogen (secondary N) is 1. The number of amidine groups is 1. The molecule has 0 radical (unpaired) electrons. The standard InChI is InChI=1S/C10H11BrN2S/c11-8-3-1-4-9(7-8)13-10-12-5-2-6-14-10/h1,3-4,7H,2,5-6H2,(H,12,13). The smallest absolute Gasteiger partial charge is 0.161 e. The fraction of sp³-hybridized carbons (Fsp3) is 0.300. The Morgan fingerprint density at radius 1 is 1.43 bits per heavy atom. The van der Waals surface area contributed by atoms with Gasteiger partial charge in [-0.25, -0.2) is 0 Å². The summed E-state index contributed by atoms with van der Waals surface area (Å²) in [5.74, 6) is 1.17. The second-order valence-electron chi connectivity index (χ2n) is 3.02. The van der Waals surface area contributed by atoms with Gasteiger partial charge in [0, 0.05) is 22.5 Å². The number of hydrogen-bond donors (Lipinski definition) is 1. The average Bonchev–Trinajstić information content (AvgIpc) is 2.19. The number of thioether (sulfide) groups is 1. The van der Waals surface area contributed by atoms with Crippen molar-refractivity contribution in [3.63, 3.8) is 0 Å². The summed E-state index contributed by atoms with van der Waals surface area (Å²) in [5, 5.41) is 4.34. The minimum absolute atomic E-state index is 0.948. The van der Waals surface area contributed by atoms with Crippen molar-refractivity contribution in [3.05, 3.63) is 28.7 Å². The van der Waals surface area contributed by atoms with Gasteiger partial charge in [0.1, 0.15) is 0 Å². The van der Waals surface area contributed by atoms with Crippen LogP contribution in [0, 0.1) is 0 Å². The summed E-state index contributed by atoms with van der Waals surface area (Å²) in [6.45, 7) is 0.948. The van der Waals surface area contributed by atoms with Crippen LogP contribution in [0.1, 0.15) is 6.42 Å². The second-order valence-corrected chi connectivity index (χ2v) is 5.02. The zero-order valence-corrected chi connectivity index (χ0v) is 10.1. The van der Waals surface area contributed by atoms with Crippen molar-refractivity contribution in [2.24, 2.45) is 4.99 Å². The summed E-state index contributed by atoms with van der Waals surface area (Å²) in [7, 11) is 0. The molecule has 0 fully saturated rings. The molecule has 0 amide bonds. The van der Waals surface area contributed by atoms with Crippen molar-refractivity contribution < 1.29 is 0 Å². The van der Waals surface area contributed by atoms with Gasteiger partial charge >= 0.3 is 0 Å². The molecule has 0 aliphatic carbocycles. The quantitative estimate of drug-likeness (QED) is 0.847. The zero-order chi connectivity index (χ0) is 9.80. The molecule has 0 aromatic heterocycles. The number of halogens is 1. The first-order valence-electron chi connectivity index (χ1n) is 4.54. The lowest BCUT2D eigenvalue weighted by Gasteiger charge is -2.13. The van der Waals surface area contributed by atoms with Crippen LogP contribution in [0.3, 0.4) is 0 Å². The van der Waals surface area contributed by atoms with Gasteiger partial charge in [-0.1, -0.05) is 33.8 Å².